The number of aryl methyl sites for hydroxylation is 1. The Morgan fingerprint density at radius 3 is 2.66 bits per heavy atom. The highest BCUT2D eigenvalue weighted by atomic mass is 32.2. The Morgan fingerprint density at radius 1 is 1.09 bits per heavy atom. The van der Waals surface area contributed by atoms with Crippen LogP contribution in [0.1, 0.15) is 46.0 Å². The van der Waals surface area contributed by atoms with E-state index in [1.807, 2.05) is 6.07 Å². The summed E-state index contributed by atoms with van der Waals surface area (Å²) in [5.74, 6) is 5.36. The monoisotopic (exact) mass is 607 g/mol. The lowest BCUT2D eigenvalue weighted by molar-refractivity contribution is 0.0938. The number of hydrogen-bond donors (Lipinski definition) is 2. The Bertz CT molecular complexity index is 2300. The average molecular weight is 608 g/mol. The van der Waals surface area contributed by atoms with Gasteiger partial charge < -0.3 is 5.32 Å². The molecule has 4 aromatic heterocycles. The number of nitrogens with two attached hydrogens (primary N) is 1. The molecule has 4 heterocycles. The number of nitrogens with zero attached hydrogens (tertiary/aromatic N) is 7. The number of benzene rings is 2. The van der Waals surface area contributed by atoms with Crippen LogP contribution in [0.25, 0.3) is 22.2 Å². The van der Waals surface area contributed by atoms with E-state index < -0.39 is 27.8 Å². The Balaban J connectivity index is 1.43. The second kappa shape index (κ2) is 11.2. The van der Waals surface area contributed by atoms with Crippen molar-refractivity contribution in [2.45, 2.75) is 25.8 Å². The molecule has 0 fully saturated rings. The molecule has 0 saturated carbocycles. The number of carbonyl (C=O) groups is 1. The predicted octanol–water partition coefficient (Wildman–Crippen LogP) is 2.07. The normalized spacial score (nSPS) is 12.2. The molecule has 14 heteroatoms. The summed E-state index contributed by atoms with van der Waals surface area (Å²) in [5.41, 5.74) is 2.69. The maximum atomic E-state index is 14.2. The van der Waals surface area contributed by atoms with Crippen LogP contribution in [0.4, 0.5) is 0 Å². The molecule has 0 aliphatic rings. The SMILES string of the molecule is Cc1nn2cccnc2c1C(=O)N[C@H](C)c1nc2cccc(C#Cc3cnn(CS(N)(=O)=O)c3)c2c(=O)n1-c1ccccc1. The van der Waals surface area contributed by atoms with Crippen LogP contribution >= 0.6 is 0 Å². The van der Waals surface area contributed by atoms with E-state index in [4.69, 9.17) is 10.1 Å². The van der Waals surface area contributed by atoms with Gasteiger partial charge in [0.05, 0.1) is 40.1 Å². The number of amides is 1. The van der Waals surface area contributed by atoms with Gasteiger partial charge in [0.15, 0.2) is 11.5 Å². The predicted molar refractivity (Wildman–Crippen MR) is 162 cm³/mol. The van der Waals surface area contributed by atoms with Gasteiger partial charge in [0.25, 0.3) is 11.5 Å². The number of fused-ring (bicyclic) bond motifs is 2. The van der Waals surface area contributed by atoms with Crippen molar-refractivity contribution in [1.82, 2.24) is 39.2 Å². The van der Waals surface area contributed by atoms with Crippen molar-refractivity contribution >= 4 is 32.5 Å². The number of para-hydroxylation sites is 1. The van der Waals surface area contributed by atoms with Crippen molar-refractivity contribution in [3.63, 3.8) is 0 Å². The molecular formula is C30H25N9O4S. The Kier molecular flexibility index (Phi) is 7.25. The van der Waals surface area contributed by atoms with Crippen LogP contribution in [0.2, 0.25) is 0 Å². The van der Waals surface area contributed by atoms with Crippen LogP contribution < -0.4 is 16.0 Å². The smallest absolute Gasteiger partial charge is 0.267 e. The molecule has 0 radical (unpaired) electrons. The van der Waals surface area contributed by atoms with Gasteiger partial charge in [-0.25, -0.2) is 28.0 Å². The van der Waals surface area contributed by atoms with Crippen molar-refractivity contribution in [3.05, 3.63) is 118 Å². The molecule has 44 heavy (non-hydrogen) atoms. The minimum atomic E-state index is -3.77. The van der Waals surface area contributed by atoms with E-state index in [1.54, 1.807) is 74.8 Å². The summed E-state index contributed by atoms with van der Waals surface area (Å²) >= 11 is 0. The summed E-state index contributed by atoms with van der Waals surface area (Å²) in [7, 11) is -3.77. The number of aromatic nitrogens is 7. The second-order valence-electron chi connectivity index (χ2n) is 10.00. The van der Waals surface area contributed by atoms with E-state index in [2.05, 4.69) is 32.3 Å². The molecule has 6 aromatic rings. The molecule has 1 atom stereocenters. The first-order valence-corrected chi connectivity index (χ1v) is 15.1. The zero-order chi connectivity index (χ0) is 31.0. The molecule has 0 unspecified atom stereocenters. The number of sulfonamides is 1. The van der Waals surface area contributed by atoms with E-state index in [0.29, 0.717) is 45.1 Å². The van der Waals surface area contributed by atoms with Crippen molar-refractivity contribution in [2.24, 2.45) is 5.14 Å². The lowest BCUT2D eigenvalue weighted by Crippen LogP contribution is -2.33. The van der Waals surface area contributed by atoms with Crippen molar-refractivity contribution < 1.29 is 13.2 Å². The fraction of sp³-hybridized carbons (Fsp3) is 0.133. The number of rotatable bonds is 6. The maximum Gasteiger partial charge on any atom is 0.267 e. The quantitative estimate of drug-likeness (QED) is 0.271. The van der Waals surface area contributed by atoms with Gasteiger partial charge in [0.1, 0.15) is 11.4 Å². The molecule has 3 N–H and O–H groups in total. The first-order chi connectivity index (χ1) is 21.1. The number of carbonyl (C=O) groups excluding carboxylic acids is 1. The van der Waals surface area contributed by atoms with Gasteiger partial charge in [0.2, 0.25) is 10.0 Å². The van der Waals surface area contributed by atoms with E-state index >= 15 is 0 Å². The van der Waals surface area contributed by atoms with Crippen LogP contribution in [0.5, 0.6) is 0 Å². The highest BCUT2D eigenvalue weighted by Crippen LogP contribution is 2.21. The first-order valence-electron chi connectivity index (χ1n) is 13.4. The van der Waals surface area contributed by atoms with Gasteiger partial charge in [-0.1, -0.05) is 36.1 Å². The molecular weight excluding hydrogens is 582 g/mol. The summed E-state index contributed by atoms with van der Waals surface area (Å²) in [6.45, 7) is 3.48. The molecule has 0 bridgehead atoms. The van der Waals surface area contributed by atoms with Crippen LogP contribution in [0.15, 0.2) is 84.2 Å². The van der Waals surface area contributed by atoms with Gasteiger partial charge in [-0.2, -0.15) is 10.2 Å². The molecule has 0 spiro atoms. The second-order valence-corrected chi connectivity index (χ2v) is 11.6. The molecule has 0 aliphatic heterocycles. The third kappa shape index (κ3) is 5.56. The fourth-order valence-electron chi connectivity index (χ4n) is 4.89. The molecule has 13 nitrogen and oxygen atoms in total. The van der Waals surface area contributed by atoms with Crippen molar-refractivity contribution in [2.75, 3.05) is 0 Å². The lowest BCUT2D eigenvalue weighted by Gasteiger charge is -2.20. The van der Waals surface area contributed by atoms with Crippen LogP contribution in [0, 0.1) is 18.8 Å². The van der Waals surface area contributed by atoms with Gasteiger partial charge in [-0.15, -0.1) is 0 Å². The topological polar surface area (TPSA) is 172 Å². The minimum Gasteiger partial charge on any atom is -0.342 e. The van der Waals surface area contributed by atoms with Crippen LogP contribution in [-0.2, 0) is 15.9 Å². The Morgan fingerprint density at radius 2 is 1.89 bits per heavy atom. The highest BCUT2D eigenvalue weighted by Gasteiger charge is 2.24. The third-order valence-corrected chi connectivity index (χ3v) is 7.38. The van der Waals surface area contributed by atoms with Crippen LogP contribution in [0.3, 0.4) is 0 Å². The largest absolute Gasteiger partial charge is 0.342 e. The molecule has 6 rings (SSSR count). The minimum absolute atomic E-state index is 0.283. The van der Waals surface area contributed by atoms with Gasteiger partial charge in [-0.05, 0) is 44.2 Å². The molecule has 220 valence electrons. The summed E-state index contributed by atoms with van der Waals surface area (Å²) in [6, 6.07) is 15.2. The zero-order valence-corrected chi connectivity index (χ0v) is 24.4. The Hall–Kier alpha value is -5.65. The van der Waals surface area contributed by atoms with Crippen molar-refractivity contribution in [3.8, 4) is 17.5 Å². The number of hydrogen-bond acceptors (Lipinski definition) is 8. The number of nitrogens with one attached hydrogen (secondary N) is 1. The molecule has 0 aliphatic carbocycles. The highest BCUT2D eigenvalue weighted by molar-refractivity contribution is 7.88. The summed E-state index contributed by atoms with van der Waals surface area (Å²) in [4.78, 5) is 36.8. The van der Waals surface area contributed by atoms with E-state index in [1.165, 1.54) is 26.2 Å². The van der Waals surface area contributed by atoms with Gasteiger partial charge in [0, 0.05) is 24.2 Å². The first kappa shape index (κ1) is 28.5. The van der Waals surface area contributed by atoms with Crippen LogP contribution in [-0.4, -0.2) is 48.3 Å². The standard InChI is InChI=1S/C30H25N9O4S/c1-19-25(28-32-14-7-15-38(28)36-19)29(40)34-20(2)27-35-24-11-6-8-22(13-12-21-16-33-37(17-21)18-44(31,42)43)26(24)30(41)39(27)23-9-4-3-5-10-23/h3-11,14-17,20H,18H2,1-2H3,(H,34,40)(H2,31,42,43)/t20-/m1/s1. The molecule has 0 saturated heterocycles. The fourth-order valence-corrected chi connectivity index (χ4v) is 5.40. The van der Waals surface area contributed by atoms with E-state index in [0.717, 1.165) is 0 Å². The zero-order valence-electron chi connectivity index (χ0n) is 23.5. The molecule has 2 aromatic carbocycles. The van der Waals surface area contributed by atoms with E-state index in [9.17, 15) is 18.0 Å². The molecule has 1 amide bonds. The third-order valence-electron chi connectivity index (χ3n) is 6.76. The van der Waals surface area contributed by atoms with E-state index in [-0.39, 0.29) is 10.9 Å². The summed E-state index contributed by atoms with van der Waals surface area (Å²) in [5, 5.41) is 16.7. The van der Waals surface area contributed by atoms with Gasteiger partial charge in [-0.3, -0.25) is 18.8 Å². The van der Waals surface area contributed by atoms with Gasteiger partial charge >= 0.3 is 0 Å². The summed E-state index contributed by atoms with van der Waals surface area (Å²) < 4.78 is 26.9. The van der Waals surface area contributed by atoms with Crippen molar-refractivity contribution in [1.29, 1.82) is 0 Å². The average Bonchev–Trinajstić information content (AvgIpc) is 3.57. The number of primary sulfonamides is 1. The lowest BCUT2D eigenvalue weighted by atomic mass is 10.1. The maximum absolute atomic E-state index is 14.2. The summed E-state index contributed by atoms with van der Waals surface area (Å²) in [6.07, 6.45) is 6.16. The Labute approximate surface area is 251 Å².